The normalized spacial score (nSPS) is 19.2. The highest BCUT2D eigenvalue weighted by Gasteiger charge is 2.26. The van der Waals surface area contributed by atoms with E-state index in [1.165, 1.54) is 7.11 Å². The van der Waals surface area contributed by atoms with Crippen LogP contribution in [0.2, 0.25) is 0 Å². The van der Waals surface area contributed by atoms with E-state index in [0.717, 1.165) is 84.3 Å². The molecule has 200 valence electrons. The second-order valence-corrected chi connectivity index (χ2v) is 10.5. The number of rotatable bonds is 6. The van der Waals surface area contributed by atoms with Crippen molar-refractivity contribution >= 4 is 12.2 Å². The van der Waals surface area contributed by atoms with Crippen molar-refractivity contribution in [3.8, 4) is 40.1 Å². The van der Waals surface area contributed by atoms with Gasteiger partial charge in [-0.05, 0) is 80.1 Å². The van der Waals surface area contributed by atoms with Crippen LogP contribution in [-0.2, 0) is 4.79 Å². The molecule has 2 aliphatic rings. The number of nitrogens with zero attached hydrogens (tertiary/aromatic N) is 2. The Morgan fingerprint density at radius 3 is 2.56 bits per heavy atom. The molecule has 1 unspecified atom stereocenters. The van der Waals surface area contributed by atoms with Crippen LogP contribution in [0.1, 0.15) is 52.7 Å². The number of hydrogen-bond acceptors (Lipinski definition) is 5. The number of piperidine rings is 1. The Balaban J connectivity index is 1.37. The van der Waals surface area contributed by atoms with Crippen LogP contribution in [0.25, 0.3) is 22.4 Å². The van der Waals surface area contributed by atoms with Crippen LogP contribution in [0.5, 0.6) is 5.88 Å². The van der Waals surface area contributed by atoms with Gasteiger partial charge >= 0.3 is 0 Å². The average molecular weight is 522 g/mol. The first-order chi connectivity index (χ1) is 19.0. The molecule has 2 aromatic carbocycles. The number of ether oxygens (including phenoxy) is 1. The third-order valence-electron chi connectivity index (χ3n) is 7.92. The molecule has 6 heteroatoms. The van der Waals surface area contributed by atoms with E-state index in [9.17, 15) is 9.59 Å². The zero-order valence-electron chi connectivity index (χ0n) is 22.9. The number of likely N-dealkylation sites (tertiary alicyclic amines) is 1. The minimum Gasteiger partial charge on any atom is -0.480 e. The highest BCUT2D eigenvalue weighted by Crippen LogP contribution is 2.34. The fraction of sp³-hybridized carbons (Fsp3) is 0.364. The predicted molar refractivity (Wildman–Crippen MR) is 154 cm³/mol. The van der Waals surface area contributed by atoms with Gasteiger partial charge in [-0.15, -0.1) is 0 Å². The number of aldehydes is 1. The van der Waals surface area contributed by atoms with Gasteiger partial charge in [-0.1, -0.05) is 42.2 Å². The maximum Gasteiger partial charge on any atom is 0.224 e. The minimum absolute atomic E-state index is 0.177. The van der Waals surface area contributed by atoms with E-state index in [-0.39, 0.29) is 11.9 Å². The molecule has 5 rings (SSSR count). The SMILES string of the molecule is COc1nc(-c2cccc(-c3cccc(C#CC4CCCN(C[C@@H]5CCC(=O)N5)C4)c3C)c2C)ccc1C=O. The van der Waals surface area contributed by atoms with Gasteiger partial charge in [0.15, 0.2) is 6.29 Å². The van der Waals surface area contributed by atoms with Gasteiger partial charge in [0.25, 0.3) is 0 Å². The van der Waals surface area contributed by atoms with Crippen LogP contribution >= 0.6 is 0 Å². The third kappa shape index (κ3) is 5.89. The number of benzene rings is 2. The van der Waals surface area contributed by atoms with Crippen molar-refractivity contribution < 1.29 is 14.3 Å². The molecule has 1 amide bonds. The molecule has 2 aliphatic heterocycles. The van der Waals surface area contributed by atoms with Gasteiger partial charge in [-0.3, -0.25) is 9.59 Å². The summed E-state index contributed by atoms with van der Waals surface area (Å²) in [6.07, 6.45) is 4.59. The number of hydrogen-bond donors (Lipinski definition) is 1. The molecule has 2 saturated heterocycles. The zero-order valence-corrected chi connectivity index (χ0v) is 22.9. The van der Waals surface area contributed by atoms with Crippen molar-refractivity contribution in [2.45, 2.75) is 45.6 Å². The van der Waals surface area contributed by atoms with Gasteiger partial charge < -0.3 is 15.0 Å². The minimum atomic E-state index is 0.177. The summed E-state index contributed by atoms with van der Waals surface area (Å²) >= 11 is 0. The molecule has 0 aliphatic carbocycles. The van der Waals surface area contributed by atoms with Gasteiger partial charge in [-0.25, -0.2) is 4.98 Å². The van der Waals surface area contributed by atoms with Crippen LogP contribution in [0.4, 0.5) is 0 Å². The molecule has 2 atom stereocenters. The van der Waals surface area contributed by atoms with Crippen LogP contribution in [0, 0.1) is 31.6 Å². The lowest BCUT2D eigenvalue weighted by molar-refractivity contribution is -0.119. The Hall–Kier alpha value is -3.95. The predicted octanol–water partition coefficient (Wildman–Crippen LogP) is 5.20. The van der Waals surface area contributed by atoms with Crippen molar-refractivity contribution in [2.24, 2.45) is 5.92 Å². The summed E-state index contributed by atoms with van der Waals surface area (Å²) in [6.45, 7) is 7.20. The Morgan fingerprint density at radius 2 is 1.82 bits per heavy atom. The van der Waals surface area contributed by atoms with Crippen LogP contribution < -0.4 is 10.1 Å². The first-order valence-corrected chi connectivity index (χ1v) is 13.7. The Morgan fingerprint density at radius 1 is 1.05 bits per heavy atom. The molecule has 3 heterocycles. The smallest absolute Gasteiger partial charge is 0.224 e. The van der Waals surface area contributed by atoms with Gasteiger partial charge in [0.1, 0.15) is 0 Å². The number of methoxy groups -OCH3 is 1. The second-order valence-electron chi connectivity index (χ2n) is 10.5. The molecular weight excluding hydrogens is 486 g/mol. The number of aromatic nitrogens is 1. The number of carbonyl (C=O) groups excluding carboxylic acids is 2. The Labute approximate surface area is 230 Å². The molecule has 0 saturated carbocycles. The van der Waals surface area contributed by atoms with Crippen molar-refractivity contribution in [1.82, 2.24) is 15.2 Å². The monoisotopic (exact) mass is 521 g/mol. The maximum atomic E-state index is 11.6. The summed E-state index contributed by atoms with van der Waals surface area (Å²) < 4.78 is 5.33. The van der Waals surface area contributed by atoms with Crippen LogP contribution in [0.15, 0.2) is 48.5 Å². The quantitative estimate of drug-likeness (QED) is 0.357. The fourth-order valence-electron chi connectivity index (χ4n) is 5.77. The van der Waals surface area contributed by atoms with Crippen LogP contribution in [0.3, 0.4) is 0 Å². The summed E-state index contributed by atoms with van der Waals surface area (Å²) in [7, 11) is 1.53. The lowest BCUT2D eigenvalue weighted by Gasteiger charge is -2.32. The fourth-order valence-corrected chi connectivity index (χ4v) is 5.77. The van der Waals surface area contributed by atoms with E-state index in [1.807, 2.05) is 18.2 Å². The van der Waals surface area contributed by atoms with E-state index < -0.39 is 0 Å². The first-order valence-electron chi connectivity index (χ1n) is 13.7. The molecule has 6 nitrogen and oxygen atoms in total. The zero-order chi connectivity index (χ0) is 27.4. The van der Waals surface area contributed by atoms with Crippen molar-refractivity contribution in [3.63, 3.8) is 0 Å². The van der Waals surface area contributed by atoms with E-state index in [1.54, 1.807) is 6.07 Å². The van der Waals surface area contributed by atoms with Gasteiger partial charge in [0.05, 0.1) is 18.4 Å². The number of nitrogens with one attached hydrogen (secondary N) is 1. The Kier molecular flexibility index (Phi) is 8.09. The second kappa shape index (κ2) is 11.8. The van der Waals surface area contributed by atoms with Gasteiger partial charge in [0, 0.05) is 42.6 Å². The standard InChI is InChI=1S/C33H35N3O3/c1-22-25(13-12-24-7-6-18-36(19-24)20-27-15-17-32(38)34-27)8-4-9-28(22)29-10-5-11-30(23(29)2)31-16-14-26(21-37)33(35-31)39-3/h4-5,8-11,14,16,21,24,27H,6-7,15,17-20H2,1-3H3,(H,34,38)/t24?,27-/m0/s1. The van der Waals surface area contributed by atoms with Crippen molar-refractivity contribution in [3.05, 3.63) is 70.8 Å². The molecule has 0 radical (unpaired) electrons. The number of amides is 1. The summed E-state index contributed by atoms with van der Waals surface area (Å²) in [5, 5.41) is 3.09. The lowest BCUT2D eigenvalue weighted by atomic mass is 9.90. The molecule has 0 bridgehead atoms. The number of carbonyl (C=O) groups is 2. The van der Waals surface area contributed by atoms with Crippen molar-refractivity contribution in [2.75, 3.05) is 26.7 Å². The maximum absolute atomic E-state index is 11.6. The summed E-state index contributed by atoms with van der Waals surface area (Å²) in [4.78, 5) is 29.9. The molecular formula is C33H35N3O3. The summed E-state index contributed by atoms with van der Waals surface area (Å²) in [5.41, 5.74) is 7.81. The molecule has 1 N–H and O–H groups in total. The van der Waals surface area contributed by atoms with Crippen LogP contribution in [-0.4, -0.2) is 54.9 Å². The highest BCUT2D eigenvalue weighted by atomic mass is 16.5. The number of pyridine rings is 1. The lowest BCUT2D eigenvalue weighted by Crippen LogP contribution is -2.43. The Bertz CT molecular complexity index is 1450. The molecule has 3 aromatic rings. The summed E-state index contributed by atoms with van der Waals surface area (Å²) in [5.74, 6) is 7.90. The molecule has 0 spiro atoms. The summed E-state index contributed by atoms with van der Waals surface area (Å²) in [6, 6.07) is 16.4. The molecule has 39 heavy (non-hydrogen) atoms. The third-order valence-corrected chi connectivity index (χ3v) is 7.92. The van der Waals surface area contributed by atoms with E-state index in [2.05, 4.69) is 65.2 Å². The van der Waals surface area contributed by atoms with Crippen molar-refractivity contribution in [1.29, 1.82) is 0 Å². The van der Waals surface area contributed by atoms with Gasteiger partial charge in [0.2, 0.25) is 11.8 Å². The largest absolute Gasteiger partial charge is 0.480 e. The van der Waals surface area contributed by atoms with Gasteiger partial charge in [-0.2, -0.15) is 0 Å². The molecule has 1 aromatic heterocycles. The van der Waals surface area contributed by atoms with E-state index in [0.29, 0.717) is 23.8 Å². The average Bonchev–Trinajstić information content (AvgIpc) is 3.36. The van der Waals surface area contributed by atoms with E-state index >= 15 is 0 Å². The molecule has 2 fully saturated rings. The topological polar surface area (TPSA) is 71.5 Å². The highest BCUT2D eigenvalue weighted by molar-refractivity contribution is 5.82. The van der Waals surface area contributed by atoms with E-state index in [4.69, 9.17) is 4.74 Å². The first kappa shape index (κ1) is 26.6.